The lowest BCUT2D eigenvalue weighted by Crippen LogP contribution is -1.99. The smallest absolute Gasteiger partial charge is 0.0886 e. The Morgan fingerprint density at radius 3 is 1.31 bits per heavy atom. The maximum atomic E-state index is 5.11. The second-order valence-corrected chi connectivity index (χ2v) is 16.2. The van der Waals surface area contributed by atoms with Crippen LogP contribution >= 0.6 is 0 Å². The first-order chi connectivity index (χ1) is 31.7. The van der Waals surface area contributed by atoms with Crippen molar-refractivity contribution in [2.45, 2.75) is 25.7 Å². The summed E-state index contributed by atoms with van der Waals surface area (Å²) < 4.78 is 0. The number of aromatic nitrogens is 4. The molecule has 4 aromatic heterocycles. The number of nitrogens with zero attached hydrogens (tertiary/aromatic N) is 4. The maximum Gasteiger partial charge on any atom is 0.0886 e. The Kier molecular flexibility index (Phi) is 11.8. The molecule has 0 aliphatic carbocycles. The first-order valence-electron chi connectivity index (χ1n) is 22.0. The lowest BCUT2D eigenvalue weighted by Gasteiger charge is -2.18. The van der Waals surface area contributed by atoms with E-state index in [4.69, 9.17) is 15.0 Å². The van der Waals surface area contributed by atoms with E-state index in [2.05, 4.69) is 193 Å². The van der Waals surface area contributed by atoms with Crippen molar-refractivity contribution in [3.63, 3.8) is 0 Å². The highest BCUT2D eigenvalue weighted by atomic mass is 14.8. The molecule has 0 aliphatic rings. The predicted molar refractivity (Wildman–Crippen MR) is 263 cm³/mol. The summed E-state index contributed by atoms with van der Waals surface area (Å²) in [5.41, 5.74) is 20.2. The van der Waals surface area contributed by atoms with Crippen molar-refractivity contribution in [3.8, 4) is 78.4 Å². The fourth-order valence-electron chi connectivity index (χ4n) is 8.49. The predicted octanol–water partition coefficient (Wildman–Crippen LogP) is 14.5. The fourth-order valence-corrected chi connectivity index (χ4v) is 8.49. The Morgan fingerprint density at radius 2 is 0.719 bits per heavy atom. The van der Waals surface area contributed by atoms with Gasteiger partial charge in [-0.25, -0.2) is 0 Å². The highest BCUT2D eigenvalue weighted by Gasteiger charge is 2.17. The monoisotopic (exact) mass is 822 g/mol. The normalized spacial score (nSPS) is 11.1. The third-order valence-electron chi connectivity index (χ3n) is 11.9. The Morgan fingerprint density at radius 1 is 0.234 bits per heavy atom. The van der Waals surface area contributed by atoms with Crippen molar-refractivity contribution in [2.24, 2.45) is 0 Å². The summed E-state index contributed by atoms with van der Waals surface area (Å²) in [7, 11) is 0. The van der Waals surface area contributed by atoms with Crippen molar-refractivity contribution in [2.75, 3.05) is 0 Å². The van der Waals surface area contributed by atoms with Crippen LogP contribution in [0.4, 0.5) is 0 Å². The Balaban J connectivity index is 1.01. The lowest BCUT2D eigenvalue weighted by molar-refractivity contribution is 0.923. The molecule has 10 rings (SSSR count). The summed E-state index contributed by atoms with van der Waals surface area (Å²) in [6.07, 6.45) is 11.4. The van der Waals surface area contributed by atoms with Crippen LogP contribution in [0.3, 0.4) is 0 Å². The molecule has 0 radical (unpaired) electrons. The van der Waals surface area contributed by atoms with Gasteiger partial charge in [-0.05, 0) is 117 Å². The Hall–Kier alpha value is -8.08. The molecule has 0 saturated heterocycles. The fraction of sp³-hybridized carbons (Fsp3) is 0.0667. The van der Waals surface area contributed by atoms with Gasteiger partial charge in [0.15, 0.2) is 0 Å². The van der Waals surface area contributed by atoms with Crippen LogP contribution in [-0.4, -0.2) is 19.9 Å². The largest absolute Gasteiger partial charge is 0.256 e. The number of benzene rings is 6. The van der Waals surface area contributed by atoms with E-state index in [-0.39, 0.29) is 0 Å². The van der Waals surface area contributed by atoms with E-state index in [1.54, 1.807) is 0 Å². The van der Waals surface area contributed by atoms with Crippen molar-refractivity contribution in [1.82, 2.24) is 19.9 Å². The van der Waals surface area contributed by atoms with Gasteiger partial charge < -0.3 is 0 Å². The molecular weight excluding hydrogens is 777 g/mol. The van der Waals surface area contributed by atoms with Crippen molar-refractivity contribution in [3.05, 3.63) is 253 Å². The van der Waals surface area contributed by atoms with Crippen LogP contribution in [0.5, 0.6) is 0 Å². The van der Waals surface area contributed by atoms with E-state index in [1.165, 1.54) is 44.5 Å². The molecule has 0 fully saturated rings. The highest BCUT2D eigenvalue weighted by Crippen LogP contribution is 2.40. The van der Waals surface area contributed by atoms with Crippen LogP contribution in [0, 0.1) is 0 Å². The molecule has 10 aromatic rings. The van der Waals surface area contributed by atoms with Gasteiger partial charge in [-0.1, -0.05) is 176 Å². The van der Waals surface area contributed by atoms with E-state index in [0.717, 1.165) is 81.8 Å². The van der Waals surface area contributed by atoms with Gasteiger partial charge in [0.25, 0.3) is 0 Å². The minimum absolute atomic E-state index is 0.874. The number of hydrogen-bond donors (Lipinski definition) is 0. The standard InChI is InChI=1S/C60H46N4/c1-4-14-47(15-5-1)48-29-31-49(32-30-48)55-39-60(51-18-8-3-9-19-51)64-42-56(55)54-21-11-10-20-53(54)52-37-45(25-23-43-27-33-57(62-40-43)50-16-6-2-7-17-50)36-46(38-52)26-24-44-28-34-59(63-41-44)58-22-12-13-35-61-58/h1-22,27-42H,23-26H2. The molecule has 0 aliphatic heterocycles. The topological polar surface area (TPSA) is 51.6 Å². The van der Waals surface area contributed by atoms with Crippen LogP contribution in [0.15, 0.2) is 231 Å². The van der Waals surface area contributed by atoms with Crippen LogP contribution in [-0.2, 0) is 25.7 Å². The molecule has 0 bridgehead atoms. The molecule has 6 aromatic carbocycles. The summed E-state index contributed by atoms with van der Waals surface area (Å²) in [6, 6.07) is 73.1. The van der Waals surface area contributed by atoms with Crippen molar-refractivity contribution in [1.29, 1.82) is 0 Å². The summed E-state index contributed by atoms with van der Waals surface area (Å²) in [5.74, 6) is 0. The zero-order valence-electron chi connectivity index (χ0n) is 35.6. The minimum atomic E-state index is 0.874. The van der Waals surface area contributed by atoms with Gasteiger partial charge in [0, 0.05) is 41.5 Å². The average molecular weight is 823 g/mol. The molecule has 0 spiro atoms. The zero-order chi connectivity index (χ0) is 42.9. The van der Waals surface area contributed by atoms with Gasteiger partial charge in [-0.2, -0.15) is 0 Å². The van der Waals surface area contributed by atoms with E-state index in [0.29, 0.717) is 0 Å². The molecule has 306 valence electrons. The quantitative estimate of drug-likeness (QED) is 0.116. The van der Waals surface area contributed by atoms with E-state index < -0.39 is 0 Å². The molecule has 0 saturated carbocycles. The summed E-state index contributed by atoms with van der Waals surface area (Å²) >= 11 is 0. The van der Waals surface area contributed by atoms with Gasteiger partial charge in [-0.15, -0.1) is 0 Å². The van der Waals surface area contributed by atoms with Crippen molar-refractivity contribution < 1.29 is 0 Å². The molecular formula is C60H46N4. The van der Waals surface area contributed by atoms with E-state index in [9.17, 15) is 0 Å². The van der Waals surface area contributed by atoms with Gasteiger partial charge in [0.05, 0.1) is 22.8 Å². The van der Waals surface area contributed by atoms with Gasteiger partial charge in [-0.3, -0.25) is 19.9 Å². The van der Waals surface area contributed by atoms with Crippen LogP contribution < -0.4 is 0 Å². The third-order valence-corrected chi connectivity index (χ3v) is 11.9. The average Bonchev–Trinajstić information content (AvgIpc) is 3.38. The summed E-state index contributed by atoms with van der Waals surface area (Å²) in [6.45, 7) is 0. The molecule has 4 heterocycles. The van der Waals surface area contributed by atoms with Crippen LogP contribution in [0.2, 0.25) is 0 Å². The first kappa shape index (κ1) is 40.0. The number of aryl methyl sites for hydroxylation is 4. The number of rotatable bonds is 13. The van der Waals surface area contributed by atoms with Gasteiger partial charge in [0.1, 0.15) is 0 Å². The zero-order valence-corrected chi connectivity index (χ0v) is 35.6. The van der Waals surface area contributed by atoms with Crippen LogP contribution in [0.1, 0.15) is 22.3 Å². The summed E-state index contributed by atoms with van der Waals surface area (Å²) in [4.78, 5) is 19.2. The highest BCUT2D eigenvalue weighted by molar-refractivity contribution is 5.93. The Labute approximate surface area is 375 Å². The second kappa shape index (κ2) is 18.9. The summed E-state index contributed by atoms with van der Waals surface area (Å²) in [5, 5.41) is 0. The third kappa shape index (κ3) is 9.23. The molecule has 0 unspecified atom stereocenters. The van der Waals surface area contributed by atoms with E-state index >= 15 is 0 Å². The SMILES string of the molecule is c1ccc(-c2ccc(-c3cc(-c4ccccc4)ncc3-c3ccccc3-c3cc(CCc4ccc(-c5ccccc5)nc4)cc(CCc4ccc(-c5ccccn5)nc4)c3)cc2)cc1. The molecule has 0 amide bonds. The molecule has 0 N–H and O–H groups in total. The minimum Gasteiger partial charge on any atom is -0.256 e. The number of pyridine rings is 4. The van der Waals surface area contributed by atoms with Gasteiger partial charge >= 0.3 is 0 Å². The van der Waals surface area contributed by atoms with Crippen molar-refractivity contribution >= 4 is 0 Å². The second-order valence-electron chi connectivity index (χ2n) is 16.2. The van der Waals surface area contributed by atoms with Gasteiger partial charge in [0.2, 0.25) is 0 Å². The molecule has 64 heavy (non-hydrogen) atoms. The molecule has 4 heteroatoms. The Bertz CT molecular complexity index is 2990. The maximum absolute atomic E-state index is 5.11. The molecule has 0 atom stereocenters. The van der Waals surface area contributed by atoms with E-state index in [1.807, 2.05) is 42.9 Å². The first-order valence-corrected chi connectivity index (χ1v) is 22.0. The molecule has 4 nitrogen and oxygen atoms in total. The lowest BCUT2D eigenvalue weighted by atomic mass is 9.87. The van der Waals surface area contributed by atoms with Crippen LogP contribution in [0.25, 0.3) is 78.4 Å². The number of hydrogen-bond acceptors (Lipinski definition) is 4.